The second-order valence-electron chi connectivity index (χ2n) is 2.34. The second kappa shape index (κ2) is 2.48. The number of nitrogens with one attached hydrogen (secondary N) is 1. The molecule has 11 heavy (non-hydrogen) atoms. The Labute approximate surface area is 62.0 Å². The third-order valence-corrected chi connectivity index (χ3v) is 1.58. The van der Waals surface area contributed by atoms with Crippen LogP contribution < -0.4 is 11.1 Å². The maximum atomic E-state index is 10.6. The lowest BCUT2D eigenvalue weighted by molar-refractivity contribution is -0.141. The van der Waals surface area contributed by atoms with E-state index in [1.165, 1.54) is 0 Å². The molecule has 0 aromatic heterocycles. The summed E-state index contributed by atoms with van der Waals surface area (Å²) in [5.41, 5.74) is 5.12. The number of carbonyl (C=O) groups is 2. The molecule has 1 amide bonds. The lowest BCUT2D eigenvalue weighted by Crippen LogP contribution is -2.42. The molecule has 0 aliphatic carbocycles. The van der Waals surface area contributed by atoms with Gasteiger partial charge in [0.25, 0.3) is 0 Å². The molecule has 1 aliphatic heterocycles. The average Bonchev–Trinajstić information content (AvgIpc) is 2.17. The Bertz CT molecular complexity index is 205. The first-order valence-electron chi connectivity index (χ1n) is 3.01. The Morgan fingerprint density at radius 2 is 2.18 bits per heavy atom. The van der Waals surface area contributed by atoms with Crippen molar-refractivity contribution in [2.75, 3.05) is 0 Å². The number of nitrogens with two attached hydrogens (primary N) is 1. The van der Waals surface area contributed by atoms with Crippen molar-refractivity contribution in [2.24, 2.45) is 5.73 Å². The van der Waals surface area contributed by atoms with Crippen LogP contribution in [0.2, 0.25) is 0 Å². The Morgan fingerprint density at radius 3 is 2.36 bits per heavy atom. The molecule has 0 spiro atoms. The lowest BCUT2D eigenvalue weighted by Gasteiger charge is -2.08. The maximum Gasteiger partial charge on any atom is 0.329 e. The molecule has 1 fully saturated rings. The second-order valence-corrected chi connectivity index (χ2v) is 2.34. The van der Waals surface area contributed by atoms with Crippen LogP contribution in [0.15, 0.2) is 0 Å². The van der Waals surface area contributed by atoms with Crippen LogP contribution in [0, 0.1) is 0 Å². The van der Waals surface area contributed by atoms with Gasteiger partial charge in [0.2, 0.25) is 5.91 Å². The molecule has 5 N–H and O–H groups in total. The normalized spacial score (nSPS) is 36.9. The highest BCUT2D eigenvalue weighted by molar-refractivity contribution is 5.92. The van der Waals surface area contributed by atoms with Crippen LogP contribution in [0.4, 0.5) is 0 Å². The van der Waals surface area contributed by atoms with E-state index in [0.29, 0.717) is 0 Å². The van der Waals surface area contributed by atoms with Crippen LogP contribution in [0.25, 0.3) is 0 Å². The number of rotatable bonds is 1. The maximum absolute atomic E-state index is 10.6. The SMILES string of the molecule is NC1C(=O)NC(C(=O)O)C1O. The summed E-state index contributed by atoms with van der Waals surface area (Å²) in [6.45, 7) is 0. The van der Waals surface area contributed by atoms with Crippen molar-refractivity contribution in [2.45, 2.75) is 18.2 Å². The van der Waals surface area contributed by atoms with E-state index in [-0.39, 0.29) is 0 Å². The van der Waals surface area contributed by atoms with Gasteiger partial charge in [-0.1, -0.05) is 0 Å². The summed E-state index contributed by atoms with van der Waals surface area (Å²) in [7, 11) is 0. The van der Waals surface area contributed by atoms with Crippen molar-refractivity contribution in [3.05, 3.63) is 0 Å². The highest BCUT2D eigenvalue weighted by Gasteiger charge is 2.42. The van der Waals surface area contributed by atoms with Gasteiger partial charge in [0.15, 0.2) is 6.04 Å². The molecular weight excluding hydrogens is 152 g/mol. The summed E-state index contributed by atoms with van der Waals surface area (Å²) in [5, 5.41) is 19.4. The van der Waals surface area contributed by atoms with E-state index in [1.54, 1.807) is 0 Å². The molecule has 1 aliphatic rings. The van der Waals surface area contributed by atoms with Gasteiger partial charge in [-0.05, 0) is 0 Å². The van der Waals surface area contributed by atoms with Gasteiger partial charge in [0.05, 0.1) is 0 Å². The average molecular weight is 160 g/mol. The predicted molar refractivity (Wildman–Crippen MR) is 33.5 cm³/mol. The predicted octanol–water partition coefficient (Wildman–Crippen LogP) is -2.74. The first-order chi connectivity index (χ1) is 5.04. The molecule has 3 atom stereocenters. The zero-order valence-electron chi connectivity index (χ0n) is 5.52. The van der Waals surface area contributed by atoms with Crippen molar-refractivity contribution in [1.82, 2.24) is 5.32 Å². The summed E-state index contributed by atoms with van der Waals surface area (Å²) in [5.74, 6) is -1.91. The minimum Gasteiger partial charge on any atom is -0.480 e. The molecule has 1 heterocycles. The first-order valence-corrected chi connectivity index (χ1v) is 3.01. The summed E-state index contributed by atoms with van der Waals surface area (Å²) >= 11 is 0. The number of carboxylic acids is 1. The number of carbonyl (C=O) groups excluding carboxylic acids is 1. The van der Waals surface area contributed by atoms with E-state index in [2.05, 4.69) is 0 Å². The van der Waals surface area contributed by atoms with Crippen LogP contribution in [0.3, 0.4) is 0 Å². The molecule has 62 valence electrons. The molecule has 1 saturated heterocycles. The van der Waals surface area contributed by atoms with E-state index >= 15 is 0 Å². The number of aliphatic hydroxyl groups excluding tert-OH is 1. The van der Waals surface area contributed by atoms with Crippen LogP contribution in [0.5, 0.6) is 0 Å². The highest BCUT2D eigenvalue weighted by Crippen LogP contribution is 2.06. The minimum atomic E-state index is -1.33. The van der Waals surface area contributed by atoms with Gasteiger partial charge < -0.3 is 21.3 Å². The third kappa shape index (κ3) is 1.17. The standard InChI is InChI=1S/C5H8N2O4/c6-1-3(8)2(5(10)11)7-4(1)9/h1-3,8H,6H2,(H,7,9)(H,10,11). The summed E-state index contributed by atoms with van der Waals surface area (Å²) in [6, 6.07) is -2.39. The van der Waals surface area contributed by atoms with Gasteiger partial charge in [-0.15, -0.1) is 0 Å². The van der Waals surface area contributed by atoms with E-state index in [4.69, 9.17) is 15.9 Å². The summed E-state index contributed by atoms with van der Waals surface area (Å²) in [6.07, 6.45) is -1.33. The van der Waals surface area contributed by atoms with Gasteiger partial charge in [0, 0.05) is 0 Å². The molecular formula is C5H8N2O4. The van der Waals surface area contributed by atoms with Gasteiger partial charge in [-0.2, -0.15) is 0 Å². The zero-order valence-corrected chi connectivity index (χ0v) is 5.52. The molecule has 0 radical (unpaired) electrons. The third-order valence-electron chi connectivity index (χ3n) is 1.58. The van der Waals surface area contributed by atoms with Crippen molar-refractivity contribution < 1.29 is 19.8 Å². The van der Waals surface area contributed by atoms with Crippen LogP contribution in [-0.4, -0.2) is 40.3 Å². The van der Waals surface area contributed by atoms with Gasteiger partial charge in [-0.25, -0.2) is 4.79 Å². The van der Waals surface area contributed by atoms with E-state index in [1.807, 2.05) is 5.32 Å². The van der Waals surface area contributed by atoms with Crippen LogP contribution in [0.1, 0.15) is 0 Å². The Kier molecular flexibility index (Phi) is 1.79. The highest BCUT2D eigenvalue weighted by atomic mass is 16.4. The summed E-state index contributed by atoms with van der Waals surface area (Å²) in [4.78, 5) is 20.9. The number of carboxylic acid groups (broad SMARTS) is 1. The number of hydrogen-bond donors (Lipinski definition) is 4. The monoisotopic (exact) mass is 160 g/mol. The van der Waals surface area contributed by atoms with Gasteiger partial charge in [0.1, 0.15) is 12.1 Å². The number of hydrogen-bond acceptors (Lipinski definition) is 4. The fraction of sp³-hybridized carbons (Fsp3) is 0.600. The lowest BCUT2D eigenvalue weighted by atomic mass is 10.1. The van der Waals surface area contributed by atoms with Crippen molar-refractivity contribution >= 4 is 11.9 Å². The largest absolute Gasteiger partial charge is 0.480 e. The number of aliphatic carboxylic acids is 1. The quantitative estimate of drug-likeness (QED) is 0.332. The Hall–Kier alpha value is -1.14. The van der Waals surface area contributed by atoms with E-state index in [9.17, 15) is 9.59 Å². The van der Waals surface area contributed by atoms with Crippen LogP contribution in [-0.2, 0) is 9.59 Å². The number of aliphatic hydroxyl groups is 1. The molecule has 0 saturated carbocycles. The molecule has 3 unspecified atom stereocenters. The van der Waals surface area contributed by atoms with E-state index in [0.717, 1.165) is 0 Å². The number of amides is 1. The fourth-order valence-corrected chi connectivity index (χ4v) is 0.905. The zero-order chi connectivity index (χ0) is 8.59. The van der Waals surface area contributed by atoms with Gasteiger partial charge in [-0.3, -0.25) is 4.79 Å². The van der Waals surface area contributed by atoms with E-state index < -0.39 is 30.1 Å². The Morgan fingerprint density at radius 1 is 1.64 bits per heavy atom. The molecule has 1 rings (SSSR count). The van der Waals surface area contributed by atoms with Crippen molar-refractivity contribution in [1.29, 1.82) is 0 Å². The molecule has 0 aromatic rings. The topological polar surface area (TPSA) is 113 Å². The molecule has 6 heteroatoms. The van der Waals surface area contributed by atoms with Gasteiger partial charge >= 0.3 is 5.97 Å². The van der Waals surface area contributed by atoms with Crippen molar-refractivity contribution in [3.63, 3.8) is 0 Å². The van der Waals surface area contributed by atoms with Crippen LogP contribution >= 0.6 is 0 Å². The smallest absolute Gasteiger partial charge is 0.329 e. The summed E-state index contributed by atoms with van der Waals surface area (Å²) < 4.78 is 0. The molecule has 0 aromatic carbocycles. The molecule has 6 nitrogen and oxygen atoms in total. The minimum absolute atomic E-state index is 0.634. The fourth-order valence-electron chi connectivity index (χ4n) is 0.905. The first kappa shape index (κ1) is 7.96. The van der Waals surface area contributed by atoms with Crippen molar-refractivity contribution in [3.8, 4) is 0 Å². The Balaban J connectivity index is 2.74. The molecule has 0 bridgehead atoms.